The van der Waals surface area contributed by atoms with Crippen molar-refractivity contribution in [3.05, 3.63) is 52.3 Å². The van der Waals surface area contributed by atoms with E-state index in [0.717, 1.165) is 5.56 Å². The van der Waals surface area contributed by atoms with Crippen molar-refractivity contribution in [2.24, 2.45) is 13.0 Å². The highest BCUT2D eigenvalue weighted by molar-refractivity contribution is 6.34. The molecule has 0 bridgehead atoms. The molecule has 0 N–H and O–H groups in total. The summed E-state index contributed by atoms with van der Waals surface area (Å²) in [6, 6.07) is 10.1. The van der Waals surface area contributed by atoms with Crippen molar-refractivity contribution in [3.63, 3.8) is 0 Å². The van der Waals surface area contributed by atoms with Gasteiger partial charge < -0.3 is 9.64 Å². The molecule has 2 atom stereocenters. The lowest BCUT2D eigenvalue weighted by molar-refractivity contribution is -0.0865. The zero-order valence-electron chi connectivity index (χ0n) is 14.5. The maximum atomic E-state index is 13.1. The van der Waals surface area contributed by atoms with Crippen LogP contribution in [-0.4, -0.2) is 39.8 Å². The van der Waals surface area contributed by atoms with Gasteiger partial charge in [0.05, 0.1) is 23.4 Å². The van der Waals surface area contributed by atoms with Crippen molar-refractivity contribution >= 4 is 17.5 Å². The molecule has 1 aromatic heterocycles. The Balaban J connectivity index is 1.62. The number of amides is 1. The molecule has 2 aliphatic rings. The van der Waals surface area contributed by atoms with Crippen molar-refractivity contribution in [1.82, 2.24) is 14.7 Å². The highest BCUT2D eigenvalue weighted by atomic mass is 35.5. The van der Waals surface area contributed by atoms with Gasteiger partial charge in [0.15, 0.2) is 0 Å². The van der Waals surface area contributed by atoms with E-state index in [-0.39, 0.29) is 18.1 Å². The van der Waals surface area contributed by atoms with E-state index in [1.165, 1.54) is 12.8 Å². The molecule has 1 aliphatic carbocycles. The lowest BCUT2D eigenvalue weighted by atomic mass is 10.0. The van der Waals surface area contributed by atoms with Crippen LogP contribution in [0.4, 0.5) is 0 Å². The van der Waals surface area contributed by atoms with E-state index >= 15 is 0 Å². The summed E-state index contributed by atoms with van der Waals surface area (Å²) in [6.07, 6.45) is 2.35. The smallest absolute Gasteiger partial charge is 0.273 e. The van der Waals surface area contributed by atoms with E-state index in [9.17, 15) is 4.79 Å². The molecule has 25 heavy (non-hydrogen) atoms. The molecule has 1 amide bonds. The Kier molecular flexibility index (Phi) is 4.29. The molecule has 1 saturated heterocycles. The van der Waals surface area contributed by atoms with Crippen LogP contribution >= 0.6 is 11.6 Å². The first-order valence-corrected chi connectivity index (χ1v) is 9.11. The Labute approximate surface area is 152 Å². The minimum atomic E-state index is -0.0994. The largest absolute Gasteiger partial charge is 0.366 e. The van der Waals surface area contributed by atoms with E-state index < -0.39 is 0 Å². The minimum absolute atomic E-state index is 0.0667. The van der Waals surface area contributed by atoms with Gasteiger partial charge in [-0.15, -0.1) is 0 Å². The second-order valence-electron chi connectivity index (χ2n) is 6.99. The van der Waals surface area contributed by atoms with Gasteiger partial charge in [0.25, 0.3) is 5.91 Å². The molecule has 6 heteroatoms. The molecule has 4 rings (SSSR count). The van der Waals surface area contributed by atoms with Crippen molar-refractivity contribution in [1.29, 1.82) is 0 Å². The van der Waals surface area contributed by atoms with E-state index in [0.29, 0.717) is 35.4 Å². The molecular formula is C19H22ClN3O2. The number of hydrogen-bond acceptors (Lipinski definition) is 3. The summed E-state index contributed by atoms with van der Waals surface area (Å²) in [5.74, 6) is 0.494. The van der Waals surface area contributed by atoms with Crippen LogP contribution in [0.5, 0.6) is 0 Å². The lowest BCUT2D eigenvalue weighted by Gasteiger charge is -2.38. The summed E-state index contributed by atoms with van der Waals surface area (Å²) < 4.78 is 7.91. The molecule has 1 aliphatic heterocycles. The summed E-state index contributed by atoms with van der Waals surface area (Å²) >= 11 is 6.33. The third kappa shape index (κ3) is 3.18. The topological polar surface area (TPSA) is 47.4 Å². The van der Waals surface area contributed by atoms with Crippen LogP contribution in [0, 0.1) is 12.8 Å². The van der Waals surface area contributed by atoms with Gasteiger partial charge in [-0.2, -0.15) is 5.10 Å². The monoisotopic (exact) mass is 359 g/mol. The number of nitrogens with zero attached hydrogens (tertiary/aromatic N) is 3. The van der Waals surface area contributed by atoms with Gasteiger partial charge in [0.1, 0.15) is 11.8 Å². The molecule has 132 valence electrons. The van der Waals surface area contributed by atoms with E-state index in [1.807, 2.05) is 30.0 Å². The fourth-order valence-corrected chi connectivity index (χ4v) is 3.79. The lowest BCUT2D eigenvalue weighted by Crippen LogP contribution is -2.48. The number of rotatable bonds is 3. The van der Waals surface area contributed by atoms with Crippen LogP contribution in [0.15, 0.2) is 30.3 Å². The molecule has 5 nitrogen and oxygen atoms in total. The molecule has 1 saturated carbocycles. The summed E-state index contributed by atoms with van der Waals surface area (Å²) in [4.78, 5) is 15.0. The van der Waals surface area contributed by atoms with Gasteiger partial charge in [0, 0.05) is 13.6 Å². The summed E-state index contributed by atoms with van der Waals surface area (Å²) in [5, 5.41) is 4.72. The van der Waals surface area contributed by atoms with Gasteiger partial charge in [0.2, 0.25) is 0 Å². The number of benzene rings is 1. The van der Waals surface area contributed by atoms with E-state index in [4.69, 9.17) is 16.3 Å². The number of aryl methyl sites for hydroxylation is 2. The Morgan fingerprint density at radius 2 is 1.96 bits per heavy atom. The Morgan fingerprint density at radius 1 is 1.24 bits per heavy atom. The normalized spacial score (nSPS) is 23.7. The average molecular weight is 360 g/mol. The SMILES string of the molecule is Cc1nn(C)c(C(=O)N2C[C@@H](c3ccccc3)O[C@@H](C3CC3)C2)c1Cl. The minimum Gasteiger partial charge on any atom is -0.366 e. The predicted octanol–water partition coefficient (Wildman–Crippen LogP) is 3.37. The van der Waals surface area contributed by atoms with Crippen LogP contribution in [0.3, 0.4) is 0 Å². The number of halogens is 1. The van der Waals surface area contributed by atoms with Crippen molar-refractivity contribution < 1.29 is 9.53 Å². The van der Waals surface area contributed by atoms with Crippen LogP contribution in [0.25, 0.3) is 0 Å². The van der Waals surface area contributed by atoms with Gasteiger partial charge >= 0.3 is 0 Å². The number of morpholine rings is 1. The maximum Gasteiger partial charge on any atom is 0.273 e. The summed E-state index contributed by atoms with van der Waals surface area (Å²) in [7, 11) is 1.76. The predicted molar refractivity (Wildman–Crippen MR) is 95.6 cm³/mol. The second-order valence-corrected chi connectivity index (χ2v) is 7.37. The third-order valence-electron chi connectivity index (χ3n) is 5.08. The zero-order chi connectivity index (χ0) is 17.6. The van der Waals surface area contributed by atoms with Crippen LogP contribution in [0.1, 0.15) is 40.7 Å². The third-order valence-corrected chi connectivity index (χ3v) is 5.54. The van der Waals surface area contributed by atoms with E-state index in [2.05, 4.69) is 17.2 Å². The first kappa shape index (κ1) is 16.6. The van der Waals surface area contributed by atoms with Gasteiger partial charge in [-0.05, 0) is 31.2 Å². The molecule has 1 aromatic carbocycles. The Bertz CT molecular complexity index is 785. The van der Waals surface area contributed by atoms with Crippen molar-refractivity contribution in [3.8, 4) is 0 Å². The first-order valence-electron chi connectivity index (χ1n) is 8.73. The molecule has 0 spiro atoms. The second kappa shape index (κ2) is 6.46. The van der Waals surface area contributed by atoms with Gasteiger partial charge in [-0.1, -0.05) is 41.9 Å². The number of carbonyl (C=O) groups is 1. The fourth-order valence-electron chi connectivity index (χ4n) is 3.55. The number of ether oxygens (including phenoxy) is 1. The first-order chi connectivity index (χ1) is 12.0. The highest BCUT2D eigenvalue weighted by Crippen LogP contribution is 2.40. The zero-order valence-corrected chi connectivity index (χ0v) is 15.2. The fraction of sp³-hybridized carbons (Fsp3) is 0.474. The van der Waals surface area contributed by atoms with Crippen LogP contribution < -0.4 is 0 Å². The summed E-state index contributed by atoms with van der Waals surface area (Å²) in [5.41, 5.74) is 2.25. The average Bonchev–Trinajstić information content (AvgIpc) is 3.43. The van der Waals surface area contributed by atoms with Crippen LogP contribution in [0.2, 0.25) is 5.02 Å². The Hall–Kier alpha value is -1.85. The molecule has 2 aromatic rings. The molecular weight excluding hydrogens is 338 g/mol. The maximum absolute atomic E-state index is 13.1. The van der Waals surface area contributed by atoms with Crippen LogP contribution in [-0.2, 0) is 11.8 Å². The van der Waals surface area contributed by atoms with Crippen molar-refractivity contribution in [2.45, 2.75) is 32.0 Å². The standard InChI is InChI=1S/C19H22ClN3O2/c1-12-17(20)18(22(2)21-12)19(24)23-10-15(13-6-4-3-5-7-13)25-16(11-23)14-8-9-14/h3-7,14-16H,8-11H2,1-2H3/t15-,16+/m0/s1. The molecule has 2 heterocycles. The number of hydrogen-bond donors (Lipinski definition) is 0. The number of aromatic nitrogens is 2. The molecule has 0 unspecified atom stereocenters. The molecule has 0 radical (unpaired) electrons. The quantitative estimate of drug-likeness (QED) is 0.844. The van der Waals surface area contributed by atoms with Gasteiger partial charge in [-0.3, -0.25) is 9.48 Å². The van der Waals surface area contributed by atoms with Crippen molar-refractivity contribution in [2.75, 3.05) is 13.1 Å². The number of carbonyl (C=O) groups excluding carboxylic acids is 1. The summed E-state index contributed by atoms with van der Waals surface area (Å²) in [6.45, 7) is 2.97. The molecule has 2 fully saturated rings. The Morgan fingerprint density at radius 3 is 2.56 bits per heavy atom. The van der Waals surface area contributed by atoms with Gasteiger partial charge in [-0.25, -0.2) is 0 Å². The highest BCUT2D eigenvalue weighted by Gasteiger charge is 2.41. The van der Waals surface area contributed by atoms with E-state index in [1.54, 1.807) is 11.7 Å².